The van der Waals surface area contributed by atoms with Gasteiger partial charge in [0.2, 0.25) is 0 Å². The third-order valence-electron chi connectivity index (χ3n) is 3.09. The lowest BCUT2D eigenvalue weighted by molar-refractivity contribution is 0.628. The van der Waals surface area contributed by atoms with Crippen LogP contribution in [-0.2, 0) is 12.8 Å². The number of rotatable bonds is 4. The van der Waals surface area contributed by atoms with Crippen LogP contribution in [-0.4, -0.2) is 19.7 Å². The molecule has 22 heavy (non-hydrogen) atoms. The molecule has 2 aromatic heterocycles. The maximum Gasteiger partial charge on any atom is 0.191 e. The highest BCUT2D eigenvalue weighted by molar-refractivity contribution is 7.98. The fourth-order valence-electron chi connectivity index (χ4n) is 1.93. The molecule has 0 bridgehead atoms. The van der Waals surface area contributed by atoms with Gasteiger partial charge in [0.15, 0.2) is 11.0 Å². The van der Waals surface area contributed by atoms with Gasteiger partial charge >= 0.3 is 0 Å². The summed E-state index contributed by atoms with van der Waals surface area (Å²) in [5.41, 5.74) is 1.89. The molecule has 112 valence electrons. The Labute approximate surface area is 136 Å². The van der Waals surface area contributed by atoms with E-state index >= 15 is 0 Å². The summed E-state index contributed by atoms with van der Waals surface area (Å²) in [6.45, 7) is 0. The van der Waals surface area contributed by atoms with Gasteiger partial charge in [-0.25, -0.2) is 9.37 Å². The number of hydrogen-bond donors (Lipinski definition) is 0. The second-order valence-corrected chi connectivity index (χ2v) is 5.98. The highest BCUT2D eigenvalue weighted by Gasteiger charge is 2.11. The van der Waals surface area contributed by atoms with Crippen molar-refractivity contribution in [3.63, 3.8) is 0 Å². The van der Waals surface area contributed by atoms with Crippen molar-refractivity contribution in [2.24, 2.45) is 7.05 Å². The zero-order chi connectivity index (χ0) is 15.5. The molecule has 2 heterocycles. The molecule has 0 unspecified atom stereocenters. The molecule has 0 amide bonds. The summed E-state index contributed by atoms with van der Waals surface area (Å²) in [7, 11) is 1.89. The molecule has 0 atom stereocenters. The van der Waals surface area contributed by atoms with Crippen molar-refractivity contribution in [1.29, 1.82) is 0 Å². The molecule has 7 heteroatoms. The third kappa shape index (κ3) is 3.28. The van der Waals surface area contributed by atoms with Crippen LogP contribution in [0, 0.1) is 5.82 Å². The van der Waals surface area contributed by atoms with Gasteiger partial charge in [0.1, 0.15) is 11.0 Å². The topological polar surface area (TPSA) is 43.6 Å². The second-order valence-electron chi connectivity index (χ2n) is 4.65. The summed E-state index contributed by atoms with van der Waals surface area (Å²) in [5.74, 6) is 1.16. The number of thioether (sulfide) groups is 1. The zero-order valence-corrected chi connectivity index (χ0v) is 13.3. The van der Waals surface area contributed by atoms with Crippen molar-refractivity contribution >= 4 is 23.4 Å². The van der Waals surface area contributed by atoms with E-state index in [2.05, 4.69) is 15.2 Å². The average molecular weight is 335 g/mol. The van der Waals surface area contributed by atoms with Crippen LogP contribution in [0.5, 0.6) is 0 Å². The summed E-state index contributed by atoms with van der Waals surface area (Å²) in [6.07, 6.45) is 1.74. The van der Waals surface area contributed by atoms with E-state index in [1.165, 1.54) is 12.1 Å². The number of aromatic nitrogens is 4. The van der Waals surface area contributed by atoms with Crippen molar-refractivity contribution < 1.29 is 4.39 Å². The highest BCUT2D eigenvalue weighted by Crippen LogP contribution is 2.25. The van der Waals surface area contributed by atoms with Crippen LogP contribution in [0.25, 0.3) is 11.4 Å². The van der Waals surface area contributed by atoms with Gasteiger partial charge in [-0.2, -0.15) is 0 Å². The lowest BCUT2D eigenvalue weighted by Crippen LogP contribution is -1.95. The Kier molecular flexibility index (Phi) is 4.40. The summed E-state index contributed by atoms with van der Waals surface area (Å²) < 4.78 is 14.9. The number of hydrogen-bond acceptors (Lipinski definition) is 4. The molecule has 3 rings (SSSR count). The first kappa shape index (κ1) is 15.0. The van der Waals surface area contributed by atoms with Crippen molar-refractivity contribution in [2.75, 3.05) is 0 Å². The Morgan fingerprint density at radius 3 is 2.59 bits per heavy atom. The quantitative estimate of drug-likeness (QED) is 0.535. The van der Waals surface area contributed by atoms with Crippen LogP contribution in [0.15, 0.2) is 47.8 Å². The van der Waals surface area contributed by atoms with E-state index < -0.39 is 0 Å². The molecule has 0 aliphatic carbocycles. The van der Waals surface area contributed by atoms with Crippen molar-refractivity contribution in [3.8, 4) is 11.4 Å². The van der Waals surface area contributed by atoms with E-state index in [0.29, 0.717) is 11.0 Å². The van der Waals surface area contributed by atoms with E-state index in [1.54, 1.807) is 36.2 Å². The van der Waals surface area contributed by atoms with Gasteiger partial charge in [0.25, 0.3) is 0 Å². The van der Waals surface area contributed by atoms with Crippen molar-refractivity contribution in [2.45, 2.75) is 10.9 Å². The molecule has 0 saturated heterocycles. The maximum atomic E-state index is 13.0. The molecule has 0 aliphatic rings. The number of nitrogens with zero attached hydrogens (tertiary/aromatic N) is 4. The van der Waals surface area contributed by atoms with Gasteiger partial charge < -0.3 is 4.57 Å². The minimum atomic E-state index is -0.268. The number of benzene rings is 1. The highest BCUT2D eigenvalue weighted by atomic mass is 35.5. The minimum absolute atomic E-state index is 0.268. The molecule has 0 saturated carbocycles. The van der Waals surface area contributed by atoms with Gasteiger partial charge in [0.05, 0.1) is 0 Å². The standard InChI is InChI=1S/C15H12ClFN4S/c1-21-14(11-3-5-12(17)6-4-11)19-20-15(21)22-9-10-2-7-13(16)18-8-10/h2-8H,9H2,1H3. The molecule has 3 aromatic rings. The van der Waals surface area contributed by atoms with Crippen LogP contribution in [0.2, 0.25) is 5.15 Å². The maximum absolute atomic E-state index is 13.0. The summed E-state index contributed by atoms with van der Waals surface area (Å²) in [6, 6.07) is 9.90. The Morgan fingerprint density at radius 2 is 1.91 bits per heavy atom. The van der Waals surface area contributed by atoms with E-state index in [0.717, 1.165) is 22.0 Å². The summed E-state index contributed by atoms with van der Waals surface area (Å²) in [4.78, 5) is 4.05. The zero-order valence-electron chi connectivity index (χ0n) is 11.7. The average Bonchev–Trinajstić information content (AvgIpc) is 2.89. The first-order chi connectivity index (χ1) is 10.6. The smallest absolute Gasteiger partial charge is 0.191 e. The third-order valence-corrected chi connectivity index (χ3v) is 4.41. The molecule has 1 aromatic carbocycles. The second kappa shape index (κ2) is 6.46. The van der Waals surface area contributed by atoms with Crippen molar-refractivity contribution in [3.05, 3.63) is 59.1 Å². The van der Waals surface area contributed by atoms with Gasteiger partial charge in [-0.1, -0.05) is 29.4 Å². The van der Waals surface area contributed by atoms with Crippen LogP contribution >= 0.6 is 23.4 Å². The van der Waals surface area contributed by atoms with Gasteiger partial charge in [-0.05, 0) is 35.9 Å². The Morgan fingerprint density at radius 1 is 1.14 bits per heavy atom. The number of pyridine rings is 1. The Hall–Kier alpha value is -1.92. The van der Waals surface area contributed by atoms with E-state index in [9.17, 15) is 4.39 Å². The fraction of sp³-hybridized carbons (Fsp3) is 0.133. The predicted octanol–water partition coefficient (Wildman–Crippen LogP) is 3.96. The van der Waals surface area contributed by atoms with Gasteiger partial charge in [-0.3, -0.25) is 0 Å². The molecule has 0 spiro atoms. The molecular formula is C15H12ClFN4S. The van der Waals surface area contributed by atoms with E-state index in [4.69, 9.17) is 11.6 Å². The summed E-state index contributed by atoms with van der Waals surface area (Å²) in [5, 5.41) is 9.62. The first-order valence-corrected chi connectivity index (χ1v) is 7.88. The molecule has 4 nitrogen and oxygen atoms in total. The SMILES string of the molecule is Cn1c(SCc2ccc(Cl)nc2)nnc1-c1ccc(F)cc1. The molecule has 0 radical (unpaired) electrons. The molecule has 0 N–H and O–H groups in total. The molecule has 0 aliphatic heterocycles. The van der Waals surface area contributed by atoms with E-state index in [-0.39, 0.29) is 5.82 Å². The van der Waals surface area contributed by atoms with Crippen LogP contribution in [0.1, 0.15) is 5.56 Å². The lowest BCUT2D eigenvalue weighted by atomic mass is 10.2. The van der Waals surface area contributed by atoms with Crippen molar-refractivity contribution in [1.82, 2.24) is 19.7 Å². The number of halogens is 2. The normalized spacial score (nSPS) is 10.9. The monoisotopic (exact) mass is 334 g/mol. The molecule has 0 fully saturated rings. The van der Waals surface area contributed by atoms with Crippen LogP contribution in [0.3, 0.4) is 0 Å². The largest absolute Gasteiger partial charge is 0.305 e. The summed E-state index contributed by atoms with van der Waals surface area (Å²) >= 11 is 7.32. The Balaban J connectivity index is 1.75. The fourth-order valence-corrected chi connectivity index (χ4v) is 2.89. The predicted molar refractivity (Wildman–Crippen MR) is 85.2 cm³/mol. The first-order valence-electron chi connectivity index (χ1n) is 6.52. The Bertz CT molecular complexity index is 771. The van der Waals surface area contributed by atoms with Crippen LogP contribution in [0.4, 0.5) is 4.39 Å². The van der Waals surface area contributed by atoms with Crippen LogP contribution < -0.4 is 0 Å². The van der Waals surface area contributed by atoms with E-state index in [1.807, 2.05) is 17.7 Å². The minimum Gasteiger partial charge on any atom is -0.305 e. The van der Waals surface area contributed by atoms with Gasteiger partial charge in [0, 0.05) is 24.6 Å². The lowest BCUT2D eigenvalue weighted by Gasteiger charge is -2.04. The molecular weight excluding hydrogens is 323 g/mol. The van der Waals surface area contributed by atoms with Gasteiger partial charge in [-0.15, -0.1) is 10.2 Å².